The van der Waals surface area contributed by atoms with Crippen molar-refractivity contribution in [2.45, 2.75) is 32.1 Å². The first-order valence-corrected chi connectivity index (χ1v) is 6.41. The SMILES string of the molecule is O=C(c1ccc2c(c1)COC2)N1CCC[C@@H]1CO. The fraction of sp³-hybridized carbons (Fsp3) is 0.500. The van der Waals surface area contributed by atoms with Crippen LogP contribution in [0.3, 0.4) is 0 Å². The summed E-state index contributed by atoms with van der Waals surface area (Å²) in [5, 5.41) is 9.27. The van der Waals surface area contributed by atoms with Crippen LogP contribution < -0.4 is 0 Å². The number of rotatable bonds is 2. The normalized spacial score (nSPS) is 22.3. The summed E-state index contributed by atoms with van der Waals surface area (Å²) in [5.41, 5.74) is 2.99. The van der Waals surface area contributed by atoms with Crippen LogP contribution in [0.5, 0.6) is 0 Å². The molecule has 0 unspecified atom stereocenters. The smallest absolute Gasteiger partial charge is 0.254 e. The average Bonchev–Trinajstić information content (AvgIpc) is 3.05. The molecule has 2 aliphatic heterocycles. The van der Waals surface area contributed by atoms with E-state index in [1.807, 2.05) is 18.2 Å². The highest BCUT2D eigenvalue weighted by Crippen LogP contribution is 2.24. The van der Waals surface area contributed by atoms with Crippen LogP contribution in [-0.2, 0) is 18.0 Å². The third-order valence-corrected chi connectivity index (χ3v) is 3.82. The number of likely N-dealkylation sites (tertiary alicyclic amines) is 1. The molecule has 1 aromatic rings. The molecule has 1 saturated heterocycles. The van der Waals surface area contributed by atoms with Gasteiger partial charge in [-0.25, -0.2) is 0 Å². The minimum atomic E-state index is -0.0120. The van der Waals surface area contributed by atoms with Crippen molar-refractivity contribution in [3.63, 3.8) is 0 Å². The van der Waals surface area contributed by atoms with Gasteiger partial charge in [0.15, 0.2) is 0 Å². The van der Waals surface area contributed by atoms with E-state index >= 15 is 0 Å². The second-order valence-corrected chi connectivity index (χ2v) is 4.95. The van der Waals surface area contributed by atoms with Gasteiger partial charge in [0.2, 0.25) is 0 Å². The molecule has 0 spiro atoms. The third-order valence-electron chi connectivity index (χ3n) is 3.82. The zero-order valence-electron chi connectivity index (χ0n) is 10.3. The number of nitrogens with zero attached hydrogens (tertiary/aromatic N) is 1. The predicted molar refractivity (Wildman–Crippen MR) is 66.1 cm³/mol. The van der Waals surface area contributed by atoms with Gasteiger partial charge in [0.1, 0.15) is 0 Å². The number of hydrogen-bond donors (Lipinski definition) is 1. The Kier molecular flexibility index (Phi) is 3.06. The lowest BCUT2D eigenvalue weighted by atomic mass is 10.1. The molecular formula is C14H17NO3. The highest BCUT2D eigenvalue weighted by Gasteiger charge is 2.29. The Morgan fingerprint density at radius 3 is 3.06 bits per heavy atom. The molecule has 0 saturated carbocycles. The van der Waals surface area contributed by atoms with Crippen molar-refractivity contribution in [3.05, 3.63) is 34.9 Å². The molecule has 0 aliphatic carbocycles. The average molecular weight is 247 g/mol. The molecule has 96 valence electrons. The summed E-state index contributed by atoms with van der Waals surface area (Å²) in [7, 11) is 0. The topological polar surface area (TPSA) is 49.8 Å². The Morgan fingerprint density at radius 1 is 1.39 bits per heavy atom. The van der Waals surface area contributed by atoms with Gasteiger partial charge in [0, 0.05) is 12.1 Å². The molecule has 1 atom stereocenters. The molecule has 1 amide bonds. The van der Waals surface area contributed by atoms with Crippen LogP contribution in [0.15, 0.2) is 18.2 Å². The first-order chi connectivity index (χ1) is 8.79. The summed E-state index contributed by atoms with van der Waals surface area (Å²) in [5.74, 6) is 0.0289. The van der Waals surface area contributed by atoms with E-state index in [-0.39, 0.29) is 18.6 Å². The van der Waals surface area contributed by atoms with Crippen molar-refractivity contribution in [1.82, 2.24) is 4.90 Å². The molecule has 0 radical (unpaired) electrons. The predicted octanol–water partition coefficient (Wildman–Crippen LogP) is 1.31. The summed E-state index contributed by atoms with van der Waals surface area (Å²) in [4.78, 5) is 14.2. The molecular weight excluding hydrogens is 230 g/mol. The Balaban J connectivity index is 1.84. The molecule has 1 aromatic carbocycles. The van der Waals surface area contributed by atoms with E-state index in [0.717, 1.165) is 24.9 Å². The second-order valence-electron chi connectivity index (χ2n) is 4.95. The largest absolute Gasteiger partial charge is 0.394 e. The zero-order chi connectivity index (χ0) is 12.5. The molecule has 0 aromatic heterocycles. The number of fused-ring (bicyclic) bond motifs is 1. The van der Waals surface area contributed by atoms with Gasteiger partial charge in [-0.2, -0.15) is 0 Å². The standard InChI is InChI=1S/C14H17NO3/c16-7-13-2-1-5-15(13)14(17)10-3-4-11-8-18-9-12(11)6-10/h3-4,6,13,16H,1-2,5,7-9H2/t13-/m1/s1. The van der Waals surface area contributed by atoms with Crippen LogP contribution in [0, 0.1) is 0 Å². The third kappa shape index (κ3) is 1.91. The van der Waals surface area contributed by atoms with Gasteiger partial charge in [-0.3, -0.25) is 4.79 Å². The Hall–Kier alpha value is -1.39. The van der Waals surface area contributed by atoms with Crippen LogP contribution in [0.25, 0.3) is 0 Å². The van der Waals surface area contributed by atoms with Crippen LogP contribution >= 0.6 is 0 Å². The Morgan fingerprint density at radius 2 is 2.22 bits per heavy atom. The zero-order valence-corrected chi connectivity index (χ0v) is 10.3. The van der Waals surface area contributed by atoms with Gasteiger partial charge in [0.25, 0.3) is 5.91 Å². The van der Waals surface area contributed by atoms with E-state index in [2.05, 4.69) is 0 Å². The summed E-state index contributed by atoms with van der Waals surface area (Å²) in [6.07, 6.45) is 1.88. The van der Waals surface area contributed by atoms with Gasteiger partial charge in [0.05, 0.1) is 25.9 Å². The van der Waals surface area contributed by atoms with Gasteiger partial charge >= 0.3 is 0 Å². The number of amides is 1. The fourth-order valence-corrected chi connectivity index (χ4v) is 2.76. The first kappa shape index (κ1) is 11.7. The number of ether oxygens (including phenoxy) is 1. The van der Waals surface area contributed by atoms with Crippen LogP contribution in [0.4, 0.5) is 0 Å². The van der Waals surface area contributed by atoms with Crippen molar-refractivity contribution in [2.24, 2.45) is 0 Å². The maximum atomic E-state index is 12.4. The first-order valence-electron chi connectivity index (χ1n) is 6.41. The van der Waals surface area contributed by atoms with Crippen molar-refractivity contribution < 1.29 is 14.6 Å². The van der Waals surface area contributed by atoms with E-state index in [4.69, 9.17) is 4.74 Å². The number of carbonyl (C=O) groups excluding carboxylic acids is 1. The quantitative estimate of drug-likeness (QED) is 0.857. The number of carbonyl (C=O) groups is 1. The van der Waals surface area contributed by atoms with Gasteiger partial charge in [-0.1, -0.05) is 6.07 Å². The molecule has 2 aliphatic rings. The van der Waals surface area contributed by atoms with Crippen molar-refractivity contribution >= 4 is 5.91 Å². The maximum absolute atomic E-state index is 12.4. The number of aliphatic hydroxyl groups excluding tert-OH is 1. The van der Waals surface area contributed by atoms with E-state index in [1.54, 1.807) is 4.90 Å². The molecule has 2 heterocycles. The van der Waals surface area contributed by atoms with Crippen LogP contribution in [-0.4, -0.2) is 35.1 Å². The number of hydrogen-bond acceptors (Lipinski definition) is 3. The molecule has 1 N–H and O–H groups in total. The lowest BCUT2D eigenvalue weighted by molar-refractivity contribution is 0.0677. The lowest BCUT2D eigenvalue weighted by Crippen LogP contribution is -2.37. The number of aliphatic hydroxyl groups is 1. The molecule has 0 bridgehead atoms. The molecule has 3 rings (SSSR count). The van der Waals surface area contributed by atoms with E-state index < -0.39 is 0 Å². The lowest BCUT2D eigenvalue weighted by Gasteiger charge is -2.23. The van der Waals surface area contributed by atoms with Gasteiger partial charge in [-0.05, 0) is 36.1 Å². The van der Waals surface area contributed by atoms with E-state index in [0.29, 0.717) is 18.8 Å². The summed E-state index contributed by atoms with van der Waals surface area (Å²) >= 11 is 0. The number of benzene rings is 1. The van der Waals surface area contributed by atoms with Crippen molar-refractivity contribution in [3.8, 4) is 0 Å². The monoisotopic (exact) mass is 247 g/mol. The maximum Gasteiger partial charge on any atom is 0.254 e. The van der Waals surface area contributed by atoms with E-state index in [1.165, 1.54) is 5.56 Å². The summed E-state index contributed by atoms with van der Waals surface area (Å²) in [6, 6.07) is 5.75. The molecule has 1 fully saturated rings. The van der Waals surface area contributed by atoms with E-state index in [9.17, 15) is 9.90 Å². The summed E-state index contributed by atoms with van der Waals surface area (Å²) < 4.78 is 5.35. The van der Waals surface area contributed by atoms with Crippen molar-refractivity contribution in [2.75, 3.05) is 13.2 Å². The Bertz CT molecular complexity index is 472. The minimum absolute atomic E-state index is 0.0120. The van der Waals surface area contributed by atoms with Crippen LogP contribution in [0.2, 0.25) is 0 Å². The molecule has 4 nitrogen and oxygen atoms in total. The highest BCUT2D eigenvalue weighted by atomic mass is 16.5. The molecule has 18 heavy (non-hydrogen) atoms. The fourth-order valence-electron chi connectivity index (χ4n) is 2.76. The van der Waals surface area contributed by atoms with Gasteiger partial charge in [-0.15, -0.1) is 0 Å². The second kappa shape index (κ2) is 4.71. The van der Waals surface area contributed by atoms with Gasteiger partial charge < -0.3 is 14.7 Å². The Labute approximate surface area is 106 Å². The minimum Gasteiger partial charge on any atom is -0.394 e. The summed E-state index contributed by atoms with van der Waals surface area (Å²) in [6.45, 7) is 2.05. The van der Waals surface area contributed by atoms with Crippen LogP contribution in [0.1, 0.15) is 34.3 Å². The molecule has 4 heteroatoms. The highest BCUT2D eigenvalue weighted by molar-refractivity contribution is 5.95. The van der Waals surface area contributed by atoms with Crippen molar-refractivity contribution in [1.29, 1.82) is 0 Å².